The quantitative estimate of drug-likeness (QED) is 0.792. The van der Waals surface area contributed by atoms with E-state index in [2.05, 4.69) is 5.10 Å². The van der Waals surface area contributed by atoms with Crippen molar-refractivity contribution >= 4 is 5.91 Å². The standard InChI is InChI=1S/C14H16N2O/c1-10-11(2)15-16(12(10)3)14(17)9-13-7-5-4-6-8-13/h4-8H,9H2,1-3H3. The fraction of sp³-hybridized carbons (Fsp3) is 0.286. The summed E-state index contributed by atoms with van der Waals surface area (Å²) in [4.78, 5) is 12.1. The highest BCUT2D eigenvalue weighted by molar-refractivity contribution is 5.81. The molecule has 0 saturated heterocycles. The minimum Gasteiger partial charge on any atom is -0.272 e. The summed E-state index contributed by atoms with van der Waals surface area (Å²) < 4.78 is 1.51. The fourth-order valence-electron chi connectivity index (χ4n) is 1.81. The van der Waals surface area contributed by atoms with E-state index in [-0.39, 0.29) is 5.91 Å². The van der Waals surface area contributed by atoms with Gasteiger partial charge in [-0.2, -0.15) is 5.10 Å². The second kappa shape index (κ2) is 4.53. The van der Waals surface area contributed by atoms with Gasteiger partial charge in [-0.25, -0.2) is 4.68 Å². The maximum atomic E-state index is 12.1. The fourth-order valence-corrected chi connectivity index (χ4v) is 1.81. The molecule has 0 atom stereocenters. The van der Waals surface area contributed by atoms with Gasteiger partial charge in [0.15, 0.2) is 0 Å². The first-order chi connectivity index (χ1) is 8.09. The molecule has 3 heteroatoms. The second-order valence-electron chi connectivity index (χ2n) is 4.26. The highest BCUT2D eigenvalue weighted by Crippen LogP contribution is 2.12. The first-order valence-electron chi connectivity index (χ1n) is 5.69. The van der Waals surface area contributed by atoms with Crippen molar-refractivity contribution in [1.82, 2.24) is 9.78 Å². The average molecular weight is 228 g/mol. The molecule has 1 aromatic heterocycles. The van der Waals surface area contributed by atoms with Crippen LogP contribution in [0.3, 0.4) is 0 Å². The lowest BCUT2D eigenvalue weighted by Gasteiger charge is -2.03. The van der Waals surface area contributed by atoms with Gasteiger partial charge >= 0.3 is 0 Å². The van der Waals surface area contributed by atoms with Gasteiger partial charge in [0.2, 0.25) is 0 Å². The third-order valence-corrected chi connectivity index (χ3v) is 3.09. The summed E-state index contributed by atoms with van der Waals surface area (Å²) in [5.74, 6) is 0.0184. The zero-order valence-electron chi connectivity index (χ0n) is 10.4. The highest BCUT2D eigenvalue weighted by Gasteiger charge is 2.13. The van der Waals surface area contributed by atoms with Crippen molar-refractivity contribution in [2.75, 3.05) is 0 Å². The van der Waals surface area contributed by atoms with Crippen molar-refractivity contribution in [3.63, 3.8) is 0 Å². The highest BCUT2D eigenvalue weighted by atomic mass is 16.2. The Morgan fingerprint density at radius 2 is 1.82 bits per heavy atom. The lowest BCUT2D eigenvalue weighted by atomic mass is 10.1. The van der Waals surface area contributed by atoms with Crippen LogP contribution in [0.2, 0.25) is 0 Å². The number of aryl methyl sites for hydroxylation is 1. The van der Waals surface area contributed by atoms with Crippen LogP contribution in [0.1, 0.15) is 27.3 Å². The van der Waals surface area contributed by atoms with Gasteiger partial charge in [0, 0.05) is 5.69 Å². The van der Waals surface area contributed by atoms with E-state index in [0.29, 0.717) is 6.42 Å². The van der Waals surface area contributed by atoms with Crippen LogP contribution < -0.4 is 0 Å². The van der Waals surface area contributed by atoms with Crippen LogP contribution in [-0.2, 0) is 6.42 Å². The Morgan fingerprint density at radius 1 is 1.18 bits per heavy atom. The molecule has 2 rings (SSSR count). The van der Waals surface area contributed by atoms with E-state index < -0.39 is 0 Å². The molecule has 0 radical (unpaired) electrons. The van der Waals surface area contributed by atoms with Crippen LogP contribution >= 0.6 is 0 Å². The normalized spacial score (nSPS) is 10.5. The number of rotatable bonds is 2. The maximum absolute atomic E-state index is 12.1. The van der Waals surface area contributed by atoms with Crippen LogP contribution in [0.15, 0.2) is 30.3 Å². The second-order valence-corrected chi connectivity index (χ2v) is 4.26. The van der Waals surface area contributed by atoms with E-state index in [1.54, 1.807) is 0 Å². The van der Waals surface area contributed by atoms with E-state index in [0.717, 1.165) is 22.5 Å². The molecule has 17 heavy (non-hydrogen) atoms. The molecule has 0 aliphatic carbocycles. The van der Waals surface area contributed by atoms with Gasteiger partial charge in [-0.3, -0.25) is 4.79 Å². The van der Waals surface area contributed by atoms with Crippen LogP contribution in [0.25, 0.3) is 0 Å². The topological polar surface area (TPSA) is 34.9 Å². The number of nitrogens with zero attached hydrogens (tertiary/aromatic N) is 2. The molecule has 2 aromatic rings. The minimum atomic E-state index is 0.0184. The number of hydrogen-bond donors (Lipinski definition) is 0. The molecule has 1 heterocycles. The predicted molar refractivity (Wildman–Crippen MR) is 67.2 cm³/mol. The van der Waals surface area contributed by atoms with Gasteiger partial charge in [-0.05, 0) is 31.9 Å². The summed E-state index contributed by atoms with van der Waals surface area (Å²) in [6, 6.07) is 9.73. The molecule has 0 spiro atoms. The number of carbonyl (C=O) groups is 1. The summed E-state index contributed by atoms with van der Waals surface area (Å²) >= 11 is 0. The Morgan fingerprint density at radius 3 is 2.35 bits per heavy atom. The van der Waals surface area contributed by atoms with Crippen LogP contribution in [-0.4, -0.2) is 15.7 Å². The number of hydrogen-bond acceptors (Lipinski definition) is 2. The van der Waals surface area contributed by atoms with Crippen molar-refractivity contribution in [2.45, 2.75) is 27.2 Å². The Labute approximate surface area is 101 Å². The van der Waals surface area contributed by atoms with Gasteiger partial charge < -0.3 is 0 Å². The Balaban J connectivity index is 2.24. The molecular weight excluding hydrogens is 212 g/mol. The van der Waals surface area contributed by atoms with Crippen molar-refractivity contribution < 1.29 is 4.79 Å². The lowest BCUT2D eigenvalue weighted by Crippen LogP contribution is -2.16. The minimum absolute atomic E-state index is 0.0184. The summed E-state index contributed by atoms with van der Waals surface area (Å²) in [6.45, 7) is 5.84. The first-order valence-corrected chi connectivity index (χ1v) is 5.69. The third-order valence-electron chi connectivity index (χ3n) is 3.09. The third kappa shape index (κ3) is 2.28. The largest absolute Gasteiger partial charge is 0.272 e. The van der Waals surface area contributed by atoms with E-state index in [1.165, 1.54) is 4.68 Å². The van der Waals surface area contributed by atoms with E-state index >= 15 is 0 Å². The number of aromatic nitrogens is 2. The first kappa shape index (κ1) is 11.6. The van der Waals surface area contributed by atoms with Gasteiger partial charge in [-0.1, -0.05) is 30.3 Å². The van der Waals surface area contributed by atoms with Crippen molar-refractivity contribution in [3.8, 4) is 0 Å². The van der Waals surface area contributed by atoms with E-state index in [1.807, 2.05) is 51.1 Å². The van der Waals surface area contributed by atoms with Crippen molar-refractivity contribution in [1.29, 1.82) is 0 Å². The number of benzene rings is 1. The predicted octanol–water partition coefficient (Wildman–Crippen LogP) is 2.69. The molecule has 0 aliphatic heterocycles. The van der Waals surface area contributed by atoms with Crippen LogP contribution in [0.4, 0.5) is 0 Å². The zero-order chi connectivity index (χ0) is 12.4. The monoisotopic (exact) mass is 228 g/mol. The maximum Gasteiger partial charge on any atom is 0.251 e. The van der Waals surface area contributed by atoms with E-state index in [4.69, 9.17) is 0 Å². The molecule has 1 aromatic carbocycles. The summed E-state index contributed by atoms with van der Waals surface area (Å²) in [6.07, 6.45) is 0.391. The number of carbonyl (C=O) groups excluding carboxylic acids is 1. The molecule has 0 aliphatic rings. The van der Waals surface area contributed by atoms with Crippen LogP contribution in [0.5, 0.6) is 0 Å². The molecular formula is C14H16N2O. The van der Waals surface area contributed by atoms with Crippen LogP contribution in [0, 0.1) is 20.8 Å². The molecule has 0 saturated carbocycles. The molecule has 0 fully saturated rings. The van der Waals surface area contributed by atoms with Crippen molar-refractivity contribution in [2.24, 2.45) is 0 Å². The lowest BCUT2D eigenvalue weighted by molar-refractivity contribution is 0.0895. The Bertz CT molecular complexity index is 541. The smallest absolute Gasteiger partial charge is 0.251 e. The Kier molecular flexibility index (Phi) is 3.09. The summed E-state index contributed by atoms with van der Waals surface area (Å²) in [5.41, 5.74) is 3.96. The average Bonchev–Trinajstić information content (AvgIpc) is 2.58. The van der Waals surface area contributed by atoms with E-state index in [9.17, 15) is 4.79 Å². The summed E-state index contributed by atoms with van der Waals surface area (Å²) in [7, 11) is 0. The molecule has 0 unspecified atom stereocenters. The van der Waals surface area contributed by atoms with Gasteiger partial charge in [0.05, 0.1) is 12.1 Å². The molecule has 0 bridgehead atoms. The zero-order valence-corrected chi connectivity index (χ0v) is 10.4. The molecule has 0 N–H and O–H groups in total. The Hall–Kier alpha value is -1.90. The molecule has 0 amide bonds. The van der Waals surface area contributed by atoms with Gasteiger partial charge in [-0.15, -0.1) is 0 Å². The van der Waals surface area contributed by atoms with Crippen molar-refractivity contribution in [3.05, 3.63) is 52.8 Å². The van der Waals surface area contributed by atoms with Gasteiger partial charge in [0.1, 0.15) is 0 Å². The summed E-state index contributed by atoms with van der Waals surface area (Å²) in [5, 5.41) is 4.27. The SMILES string of the molecule is Cc1nn(C(=O)Cc2ccccc2)c(C)c1C. The van der Waals surface area contributed by atoms with Gasteiger partial charge in [0.25, 0.3) is 5.91 Å². The molecule has 3 nitrogen and oxygen atoms in total. The molecule has 88 valence electrons.